The Kier molecular flexibility index (Phi) is 8.44. The van der Waals surface area contributed by atoms with Crippen molar-refractivity contribution in [1.82, 2.24) is 9.78 Å². The van der Waals surface area contributed by atoms with E-state index in [0.29, 0.717) is 44.3 Å². The van der Waals surface area contributed by atoms with Crippen molar-refractivity contribution in [2.75, 3.05) is 0 Å². The van der Waals surface area contributed by atoms with Gasteiger partial charge < -0.3 is 19.9 Å². The normalized spacial score (nSPS) is 11.9. The van der Waals surface area contributed by atoms with Crippen LogP contribution in [0.1, 0.15) is 37.5 Å². The van der Waals surface area contributed by atoms with E-state index in [9.17, 15) is 14.7 Å². The number of benzene rings is 3. The van der Waals surface area contributed by atoms with Crippen molar-refractivity contribution in [2.24, 2.45) is 0 Å². The maximum Gasteiger partial charge on any atom is 0.371 e. The summed E-state index contributed by atoms with van der Waals surface area (Å²) < 4.78 is 6.88. The number of hydrogen-bond donors (Lipinski definition) is 4. The standard InChI is InChI=1S/C29H20Cl3N3O5S/c30-20-8-6-18(12-22(20)32)35-24(13-23(34-35)28(36)37)16-3-1-15(2-4-16)14-33-27(41)19-7-5-17(11-21(19)31)25-9-10-26(40-25)29(38)39/h1-13,27,33,41H,14H2,(H,36,37)(H,38,39)/p+1/t27-/m0/s1. The summed E-state index contributed by atoms with van der Waals surface area (Å²) in [5.41, 5.74) is 4.30. The quantitative estimate of drug-likeness (QED) is 0.105. The number of nitrogens with two attached hydrogens (primary N) is 1. The van der Waals surface area contributed by atoms with Crippen molar-refractivity contribution in [2.45, 2.75) is 11.9 Å². The lowest BCUT2D eigenvalue weighted by atomic mass is 10.1. The minimum absolute atomic E-state index is 0.0985. The minimum atomic E-state index is -1.14. The predicted octanol–water partition coefficient (Wildman–Crippen LogP) is 6.85. The van der Waals surface area contributed by atoms with E-state index in [4.69, 9.17) is 57.0 Å². The molecule has 3 aromatic carbocycles. The van der Waals surface area contributed by atoms with Crippen LogP contribution in [0, 0.1) is 0 Å². The zero-order chi connectivity index (χ0) is 29.3. The fraction of sp³-hybridized carbons (Fsp3) is 0.0690. The molecule has 208 valence electrons. The Morgan fingerprint density at radius 1 is 0.854 bits per heavy atom. The summed E-state index contributed by atoms with van der Waals surface area (Å²) in [5.74, 6) is -2.02. The van der Waals surface area contributed by atoms with E-state index < -0.39 is 11.9 Å². The molecule has 0 unspecified atom stereocenters. The van der Waals surface area contributed by atoms with Crippen LogP contribution < -0.4 is 5.32 Å². The van der Waals surface area contributed by atoms with Crippen LogP contribution in [-0.4, -0.2) is 31.9 Å². The summed E-state index contributed by atoms with van der Waals surface area (Å²) in [5, 5.41) is 25.8. The van der Waals surface area contributed by atoms with Crippen molar-refractivity contribution in [3.63, 3.8) is 0 Å². The SMILES string of the molecule is O=C(O)c1cc(-c2ccc(C[NH2+][C@@H](S)c3ccc(-c4ccc(C(=O)O)o4)cc3Cl)cc2)n(-c2ccc(Cl)c(Cl)c2)n1. The molecule has 0 aliphatic rings. The highest BCUT2D eigenvalue weighted by Gasteiger charge is 2.19. The van der Waals surface area contributed by atoms with Gasteiger partial charge in [0.15, 0.2) is 11.1 Å². The first-order valence-corrected chi connectivity index (χ1v) is 13.8. The minimum Gasteiger partial charge on any atom is -0.476 e. The van der Waals surface area contributed by atoms with Crippen molar-refractivity contribution in [3.05, 3.63) is 117 Å². The number of furan rings is 1. The number of carbonyl (C=O) groups is 2. The molecule has 12 heteroatoms. The highest BCUT2D eigenvalue weighted by Crippen LogP contribution is 2.31. The second-order valence-electron chi connectivity index (χ2n) is 9.02. The molecule has 0 fully saturated rings. The fourth-order valence-electron chi connectivity index (χ4n) is 4.22. The summed E-state index contributed by atoms with van der Waals surface area (Å²) in [6, 6.07) is 22.5. The molecule has 0 amide bonds. The number of hydrogen-bond acceptors (Lipinski definition) is 5. The second kappa shape index (κ2) is 12.0. The first-order valence-electron chi connectivity index (χ1n) is 12.1. The van der Waals surface area contributed by atoms with Crippen LogP contribution in [0.4, 0.5) is 0 Å². The average Bonchev–Trinajstić information content (AvgIpc) is 3.62. The zero-order valence-corrected chi connectivity index (χ0v) is 24.1. The molecule has 0 aliphatic carbocycles. The molecule has 0 spiro atoms. The van der Waals surface area contributed by atoms with Gasteiger partial charge in [0.2, 0.25) is 5.76 Å². The van der Waals surface area contributed by atoms with E-state index in [1.807, 2.05) is 35.6 Å². The Balaban J connectivity index is 1.30. The fourth-order valence-corrected chi connectivity index (χ4v) is 5.22. The number of halogens is 3. The van der Waals surface area contributed by atoms with E-state index in [1.165, 1.54) is 16.8 Å². The average molecular weight is 630 g/mol. The molecule has 2 heterocycles. The Morgan fingerprint density at radius 3 is 2.22 bits per heavy atom. The molecule has 0 radical (unpaired) electrons. The van der Waals surface area contributed by atoms with Crippen molar-refractivity contribution < 1.29 is 29.5 Å². The van der Waals surface area contributed by atoms with Crippen LogP contribution in [0.5, 0.6) is 0 Å². The van der Waals surface area contributed by atoms with Crippen molar-refractivity contribution in [1.29, 1.82) is 0 Å². The number of aromatic carboxylic acids is 2. The molecule has 1 atom stereocenters. The number of aromatic nitrogens is 2. The molecule has 0 bridgehead atoms. The van der Waals surface area contributed by atoms with Crippen LogP contribution in [0.2, 0.25) is 15.1 Å². The summed E-state index contributed by atoms with van der Waals surface area (Å²) in [7, 11) is 0. The predicted molar refractivity (Wildman–Crippen MR) is 159 cm³/mol. The van der Waals surface area contributed by atoms with Gasteiger partial charge in [-0.15, -0.1) is 12.6 Å². The molecule has 5 aromatic rings. The number of carboxylic acid groups (broad SMARTS) is 2. The summed E-state index contributed by atoms with van der Waals surface area (Å²) in [4.78, 5) is 22.7. The molecule has 0 saturated heterocycles. The molecular formula is C29H21Cl3N3O5S+. The number of nitrogens with zero attached hydrogens (tertiary/aromatic N) is 2. The third-order valence-electron chi connectivity index (χ3n) is 6.32. The maximum absolute atomic E-state index is 11.6. The van der Waals surface area contributed by atoms with Gasteiger partial charge >= 0.3 is 11.9 Å². The molecule has 5 rings (SSSR count). The third kappa shape index (κ3) is 6.29. The largest absolute Gasteiger partial charge is 0.476 e. The van der Waals surface area contributed by atoms with Gasteiger partial charge in [0, 0.05) is 22.3 Å². The molecule has 0 saturated carbocycles. The van der Waals surface area contributed by atoms with Gasteiger partial charge in [0.05, 0.1) is 26.4 Å². The van der Waals surface area contributed by atoms with Crippen LogP contribution in [0.25, 0.3) is 28.3 Å². The second-order valence-corrected chi connectivity index (χ2v) is 10.8. The topological polar surface area (TPSA) is 122 Å². The van der Waals surface area contributed by atoms with E-state index in [0.717, 1.165) is 16.7 Å². The van der Waals surface area contributed by atoms with E-state index in [-0.39, 0.29) is 16.8 Å². The number of carboxylic acids is 2. The van der Waals surface area contributed by atoms with Crippen molar-refractivity contribution >= 4 is 59.4 Å². The Labute approximate surface area is 254 Å². The maximum atomic E-state index is 11.6. The van der Waals surface area contributed by atoms with Gasteiger partial charge in [-0.1, -0.05) is 65.1 Å². The van der Waals surface area contributed by atoms with Gasteiger partial charge in [-0.3, -0.25) is 0 Å². The smallest absolute Gasteiger partial charge is 0.371 e. The lowest BCUT2D eigenvalue weighted by molar-refractivity contribution is -0.688. The highest BCUT2D eigenvalue weighted by atomic mass is 35.5. The molecular weight excluding hydrogens is 609 g/mol. The molecule has 0 aliphatic heterocycles. The van der Waals surface area contributed by atoms with E-state index >= 15 is 0 Å². The number of rotatable bonds is 9. The van der Waals surface area contributed by atoms with Crippen LogP contribution >= 0.6 is 47.4 Å². The van der Waals surface area contributed by atoms with E-state index in [2.05, 4.69) is 5.10 Å². The summed E-state index contributed by atoms with van der Waals surface area (Å²) >= 11 is 23.5. The third-order valence-corrected chi connectivity index (χ3v) is 7.88. The van der Waals surface area contributed by atoms with Gasteiger partial charge in [0.1, 0.15) is 12.3 Å². The Bertz CT molecular complexity index is 1770. The lowest BCUT2D eigenvalue weighted by Gasteiger charge is -2.13. The van der Waals surface area contributed by atoms with Gasteiger partial charge in [0.25, 0.3) is 0 Å². The molecule has 41 heavy (non-hydrogen) atoms. The zero-order valence-electron chi connectivity index (χ0n) is 21.0. The van der Waals surface area contributed by atoms with E-state index in [1.54, 1.807) is 36.4 Å². The molecule has 8 nitrogen and oxygen atoms in total. The summed E-state index contributed by atoms with van der Waals surface area (Å²) in [6.45, 7) is 0.596. The highest BCUT2D eigenvalue weighted by molar-refractivity contribution is 7.80. The number of quaternary nitrogens is 1. The lowest BCUT2D eigenvalue weighted by Crippen LogP contribution is -2.82. The molecule has 2 aromatic heterocycles. The van der Waals surface area contributed by atoms with Crippen LogP contribution in [0.15, 0.2) is 83.3 Å². The first-order chi connectivity index (χ1) is 19.6. The van der Waals surface area contributed by atoms with Crippen LogP contribution in [-0.2, 0) is 6.54 Å². The van der Waals surface area contributed by atoms with Gasteiger partial charge in [-0.05, 0) is 48.5 Å². The molecule has 4 N–H and O–H groups in total. The Morgan fingerprint density at radius 2 is 1.59 bits per heavy atom. The summed E-state index contributed by atoms with van der Waals surface area (Å²) in [6.07, 6.45) is 0. The number of thiol groups is 1. The van der Waals surface area contributed by atoms with Crippen molar-refractivity contribution in [3.8, 4) is 28.3 Å². The van der Waals surface area contributed by atoms with Gasteiger partial charge in [-0.2, -0.15) is 5.10 Å². The Hall–Kier alpha value is -3.73. The van der Waals surface area contributed by atoms with Gasteiger partial charge in [-0.25, -0.2) is 14.3 Å². The van der Waals surface area contributed by atoms with Crippen LogP contribution in [0.3, 0.4) is 0 Å². The first kappa shape index (κ1) is 28.8. The monoisotopic (exact) mass is 628 g/mol.